The first kappa shape index (κ1) is 15.3. The zero-order chi connectivity index (χ0) is 15.5. The average Bonchev–Trinajstić information content (AvgIpc) is 2.90. The van der Waals surface area contributed by atoms with E-state index in [2.05, 4.69) is 5.32 Å². The summed E-state index contributed by atoms with van der Waals surface area (Å²) in [7, 11) is -3.75. The highest BCUT2D eigenvalue weighted by Gasteiger charge is 2.13. The van der Waals surface area contributed by atoms with Gasteiger partial charge in [-0.15, -0.1) is 0 Å². The van der Waals surface area contributed by atoms with Gasteiger partial charge in [-0.05, 0) is 43.3 Å². The van der Waals surface area contributed by atoms with Crippen molar-refractivity contribution in [1.82, 2.24) is 5.32 Å². The number of hydrogen-bond acceptors (Lipinski definition) is 4. The van der Waals surface area contributed by atoms with Crippen molar-refractivity contribution in [2.75, 3.05) is 0 Å². The number of rotatable bonds is 5. The molecule has 0 aliphatic heterocycles. The fourth-order valence-electron chi connectivity index (χ4n) is 1.88. The molecule has 0 radical (unpaired) electrons. The Morgan fingerprint density at radius 1 is 1.29 bits per heavy atom. The predicted octanol–water partition coefficient (Wildman–Crippen LogP) is 1.29. The van der Waals surface area contributed by atoms with Gasteiger partial charge in [0.15, 0.2) is 0 Å². The van der Waals surface area contributed by atoms with Crippen molar-refractivity contribution in [2.24, 2.45) is 5.14 Å². The van der Waals surface area contributed by atoms with Gasteiger partial charge in [0.1, 0.15) is 5.76 Å². The van der Waals surface area contributed by atoms with Crippen molar-refractivity contribution >= 4 is 15.9 Å². The van der Waals surface area contributed by atoms with Crippen LogP contribution >= 0.6 is 0 Å². The van der Waals surface area contributed by atoms with E-state index in [-0.39, 0.29) is 16.8 Å². The maximum atomic E-state index is 12.0. The van der Waals surface area contributed by atoms with Gasteiger partial charge in [-0.2, -0.15) is 0 Å². The number of sulfonamides is 1. The molecule has 1 atom stereocenters. The third-order valence-corrected chi connectivity index (χ3v) is 3.84. The van der Waals surface area contributed by atoms with Gasteiger partial charge in [-0.1, -0.05) is 0 Å². The van der Waals surface area contributed by atoms with Crippen LogP contribution in [0.3, 0.4) is 0 Å². The number of hydrogen-bond donors (Lipinski definition) is 2. The number of amides is 1. The molecule has 1 aromatic carbocycles. The van der Waals surface area contributed by atoms with Crippen LogP contribution in [0, 0.1) is 0 Å². The minimum absolute atomic E-state index is 0.0253. The Kier molecular flexibility index (Phi) is 4.44. The third-order valence-electron chi connectivity index (χ3n) is 2.91. The minimum atomic E-state index is -3.75. The predicted molar refractivity (Wildman–Crippen MR) is 77.2 cm³/mol. The molecule has 2 rings (SSSR count). The summed E-state index contributed by atoms with van der Waals surface area (Å²) in [5.41, 5.74) is 0.369. The van der Waals surface area contributed by atoms with E-state index in [0.717, 1.165) is 5.76 Å². The summed E-state index contributed by atoms with van der Waals surface area (Å²) in [5.74, 6) is 0.502. The normalized spacial score (nSPS) is 12.9. The van der Waals surface area contributed by atoms with E-state index in [4.69, 9.17) is 9.56 Å². The highest BCUT2D eigenvalue weighted by Crippen LogP contribution is 2.09. The topological polar surface area (TPSA) is 102 Å². The van der Waals surface area contributed by atoms with Crippen molar-refractivity contribution in [1.29, 1.82) is 0 Å². The third kappa shape index (κ3) is 4.17. The molecule has 1 heterocycles. The number of nitrogens with two attached hydrogens (primary N) is 1. The second-order valence-electron chi connectivity index (χ2n) is 4.73. The van der Waals surface area contributed by atoms with E-state index < -0.39 is 10.0 Å². The summed E-state index contributed by atoms with van der Waals surface area (Å²) in [6, 6.07) is 8.98. The van der Waals surface area contributed by atoms with E-state index in [9.17, 15) is 13.2 Å². The van der Waals surface area contributed by atoms with E-state index in [1.807, 2.05) is 13.0 Å². The van der Waals surface area contributed by atoms with Crippen molar-refractivity contribution in [3.63, 3.8) is 0 Å². The fraction of sp³-hybridized carbons (Fsp3) is 0.214. The minimum Gasteiger partial charge on any atom is -0.469 e. The Hall–Kier alpha value is -2.12. The van der Waals surface area contributed by atoms with E-state index in [1.165, 1.54) is 24.3 Å². The molecule has 0 spiro atoms. The van der Waals surface area contributed by atoms with Crippen LogP contribution in [0.1, 0.15) is 23.0 Å². The molecule has 0 saturated heterocycles. The summed E-state index contributed by atoms with van der Waals surface area (Å²) in [6.07, 6.45) is 2.16. The number of carbonyl (C=O) groups is 1. The summed E-state index contributed by atoms with van der Waals surface area (Å²) in [5, 5.41) is 7.81. The van der Waals surface area contributed by atoms with Crippen molar-refractivity contribution in [3.8, 4) is 0 Å². The lowest BCUT2D eigenvalue weighted by Gasteiger charge is -2.12. The van der Waals surface area contributed by atoms with Crippen LogP contribution in [-0.4, -0.2) is 20.4 Å². The molecule has 112 valence electrons. The molecule has 2 aromatic rings. The molecule has 1 amide bonds. The SMILES string of the molecule is CC(Cc1ccco1)NC(=O)c1ccc(S(N)(=O)=O)cc1. The summed E-state index contributed by atoms with van der Waals surface area (Å²) in [4.78, 5) is 12.0. The van der Waals surface area contributed by atoms with E-state index in [1.54, 1.807) is 12.3 Å². The molecule has 7 heteroatoms. The molecular formula is C14H16N2O4S. The molecule has 0 aliphatic rings. The molecule has 6 nitrogen and oxygen atoms in total. The number of nitrogens with one attached hydrogen (secondary N) is 1. The van der Waals surface area contributed by atoms with Crippen LogP contribution in [0.5, 0.6) is 0 Å². The number of benzene rings is 1. The van der Waals surface area contributed by atoms with Gasteiger partial charge in [0.2, 0.25) is 10.0 Å². The van der Waals surface area contributed by atoms with Crippen LogP contribution < -0.4 is 10.5 Å². The Morgan fingerprint density at radius 3 is 2.48 bits per heavy atom. The molecule has 0 fully saturated rings. The number of primary sulfonamides is 1. The lowest BCUT2D eigenvalue weighted by atomic mass is 10.1. The first-order chi connectivity index (χ1) is 9.86. The first-order valence-electron chi connectivity index (χ1n) is 6.32. The van der Waals surface area contributed by atoms with Crippen LogP contribution in [0.15, 0.2) is 52.0 Å². The van der Waals surface area contributed by atoms with Crippen LogP contribution in [0.25, 0.3) is 0 Å². The number of carbonyl (C=O) groups excluding carboxylic acids is 1. The summed E-state index contributed by atoms with van der Waals surface area (Å²) >= 11 is 0. The van der Waals surface area contributed by atoms with Gasteiger partial charge in [0.05, 0.1) is 11.2 Å². The molecule has 0 bridgehead atoms. The van der Waals surface area contributed by atoms with Gasteiger partial charge in [-0.3, -0.25) is 4.79 Å². The van der Waals surface area contributed by atoms with Gasteiger partial charge < -0.3 is 9.73 Å². The van der Waals surface area contributed by atoms with Gasteiger partial charge in [0, 0.05) is 18.0 Å². The van der Waals surface area contributed by atoms with Crippen LogP contribution in [0.4, 0.5) is 0 Å². The Balaban J connectivity index is 2.00. The van der Waals surface area contributed by atoms with Crippen LogP contribution in [-0.2, 0) is 16.4 Å². The summed E-state index contributed by atoms with van der Waals surface area (Å²) in [6.45, 7) is 1.86. The molecular weight excluding hydrogens is 292 g/mol. The zero-order valence-corrected chi connectivity index (χ0v) is 12.3. The highest BCUT2D eigenvalue weighted by molar-refractivity contribution is 7.89. The smallest absolute Gasteiger partial charge is 0.251 e. The van der Waals surface area contributed by atoms with E-state index >= 15 is 0 Å². The quantitative estimate of drug-likeness (QED) is 0.868. The standard InChI is InChI=1S/C14H16N2O4S/c1-10(9-12-3-2-8-20-12)16-14(17)11-4-6-13(7-5-11)21(15,18)19/h2-8,10H,9H2,1H3,(H,16,17)(H2,15,18,19). The monoisotopic (exact) mass is 308 g/mol. The fourth-order valence-corrected chi connectivity index (χ4v) is 2.40. The van der Waals surface area contributed by atoms with Crippen molar-refractivity contribution in [2.45, 2.75) is 24.3 Å². The largest absolute Gasteiger partial charge is 0.469 e. The van der Waals surface area contributed by atoms with Crippen LogP contribution in [0.2, 0.25) is 0 Å². The maximum absolute atomic E-state index is 12.0. The Bertz CT molecular complexity index is 706. The summed E-state index contributed by atoms with van der Waals surface area (Å²) < 4.78 is 27.5. The van der Waals surface area contributed by atoms with Gasteiger partial charge in [0.25, 0.3) is 5.91 Å². The molecule has 0 saturated carbocycles. The maximum Gasteiger partial charge on any atom is 0.251 e. The second kappa shape index (κ2) is 6.11. The molecule has 3 N–H and O–H groups in total. The molecule has 1 aromatic heterocycles. The average molecular weight is 308 g/mol. The second-order valence-corrected chi connectivity index (χ2v) is 6.29. The van der Waals surface area contributed by atoms with E-state index in [0.29, 0.717) is 12.0 Å². The molecule has 21 heavy (non-hydrogen) atoms. The lowest BCUT2D eigenvalue weighted by molar-refractivity contribution is 0.0939. The highest BCUT2D eigenvalue weighted by atomic mass is 32.2. The van der Waals surface area contributed by atoms with Crippen molar-refractivity contribution in [3.05, 3.63) is 54.0 Å². The lowest BCUT2D eigenvalue weighted by Crippen LogP contribution is -2.34. The van der Waals surface area contributed by atoms with Gasteiger partial charge >= 0.3 is 0 Å². The zero-order valence-electron chi connectivity index (χ0n) is 11.4. The first-order valence-corrected chi connectivity index (χ1v) is 7.87. The Morgan fingerprint density at radius 2 is 1.95 bits per heavy atom. The Labute approximate surface area is 123 Å². The number of furan rings is 1. The van der Waals surface area contributed by atoms with Gasteiger partial charge in [-0.25, -0.2) is 13.6 Å². The molecule has 0 aliphatic carbocycles. The van der Waals surface area contributed by atoms with Crippen molar-refractivity contribution < 1.29 is 17.6 Å². The molecule has 1 unspecified atom stereocenters.